The fourth-order valence-corrected chi connectivity index (χ4v) is 3.51. The molecule has 0 aliphatic carbocycles. The number of aryl methyl sites for hydroxylation is 1. The van der Waals surface area contributed by atoms with Crippen LogP contribution in [0.2, 0.25) is 0 Å². The maximum Gasteiger partial charge on any atom is 0.271 e. The minimum absolute atomic E-state index is 0.0709. The number of anilines is 2. The van der Waals surface area contributed by atoms with Gasteiger partial charge in [0.1, 0.15) is 0 Å². The molecular formula is C23H21N3O4S. The Morgan fingerprint density at radius 2 is 1.65 bits per heavy atom. The number of nitrogens with one attached hydrogen (secondary N) is 2. The summed E-state index contributed by atoms with van der Waals surface area (Å²) in [5.41, 5.74) is 2.73. The van der Waals surface area contributed by atoms with Crippen molar-refractivity contribution in [3.05, 3.63) is 94.0 Å². The average Bonchev–Trinajstić information content (AvgIpc) is 2.75. The Morgan fingerprint density at radius 3 is 2.32 bits per heavy atom. The summed E-state index contributed by atoms with van der Waals surface area (Å²) >= 11 is 1.34. The van der Waals surface area contributed by atoms with Gasteiger partial charge in [-0.2, -0.15) is 0 Å². The summed E-state index contributed by atoms with van der Waals surface area (Å²) in [6.07, 6.45) is 0.300. The smallest absolute Gasteiger partial charge is 0.271 e. The Kier molecular flexibility index (Phi) is 7.40. The van der Waals surface area contributed by atoms with Crippen LogP contribution in [-0.2, 0) is 16.0 Å². The van der Waals surface area contributed by atoms with Gasteiger partial charge in [-0.25, -0.2) is 0 Å². The van der Waals surface area contributed by atoms with Gasteiger partial charge in [0.05, 0.1) is 22.8 Å². The molecule has 3 aromatic rings. The first kappa shape index (κ1) is 22.0. The van der Waals surface area contributed by atoms with E-state index in [-0.39, 0.29) is 23.3 Å². The van der Waals surface area contributed by atoms with Crippen molar-refractivity contribution >= 4 is 40.6 Å². The normalized spacial score (nSPS) is 10.4. The van der Waals surface area contributed by atoms with Crippen LogP contribution >= 0.6 is 11.8 Å². The van der Waals surface area contributed by atoms with E-state index in [0.717, 1.165) is 16.0 Å². The van der Waals surface area contributed by atoms with E-state index >= 15 is 0 Å². The van der Waals surface area contributed by atoms with E-state index in [1.54, 1.807) is 25.1 Å². The number of hydrogen-bond acceptors (Lipinski definition) is 5. The Hall–Kier alpha value is -3.65. The molecule has 0 heterocycles. The molecule has 0 unspecified atom stereocenters. The van der Waals surface area contributed by atoms with Crippen molar-refractivity contribution in [3.8, 4) is 0 Å². The molecule has 0 radical (unpaired) electrons. The highest BCUT2D eigenvalue weighted by Crippen LogP contribution is 2.24. The molecule has 7 nitrogen and oxygen atoms in total. The molecule has 0 saturated carbocycles. The number of hydrogen-bond donors (Lipinski definition) is 2. The molecule has 31 heavy (non-hydrogen) atoms. The lowest BCUT2D eigenvalue weighted by atomic mass is 10.1. The van der Waals surface area contributed by atoms with Gasteiger partial charge in [0.2, 0.25) is 11.8 Å². The number of non-ortho nitro benzene ring substituents is 1. The molecule has 3 aromatic carbocycles. The summed E-state index contributed by atoms with van der Waals surface area (Å²) in [4.78, 5) is 35.7. The van der Waals surface area contributed by atoms with Gasteiger partial charge in [0, 0.05) is 22.7 Å². The standard InChI is InChI=1S/C23H21N3O4S/c1-16-7-10-19(26(29)30)14-21(16)25-23(28)15-31-20-11-8-18(9-12-20)24-22(27)13-17-5-3-2-4-6-17/h2-12,14H,13,15H2,1H3,(H,24,27)(H,25,28). The molecule has 0 aliphatic rings. The molecule has 0 aromatic heterocycles. The molecule has 2 N–H and O–H groups in total. The third-order valence-electron chi connectivity index (χ3n) is 4.42. The minimum Gasteiger partial charge on any atom is -0.326 e. The van der Waals surface area contributed by atoms with Gasteiger partial charge in [-0.1, -0.05) is 36.4 Å². The molecule has 0 fully saturated rings. The van der Waals surface area contributed by atoms with E-state index in [0.29, 0.717) is 17.8 Å². The number of thioether (sulfide) groups is 1. The van der Waals surface area contributed by atoms with E-state index in [1.165, 1.54) is 23.9 Å². The third-order valence-corrected chi connectivity index (χ3v) is 5.43. The lowest BCUT2D eigenvalue weighted by Gasteiger charge is -2.09. The maximum atomic E-state index is 12.2. The summed E-state index contributed by atoms with van der Waals surface area (Å²) in [5, 5.41) is 16.5. The van der Waals surface area contributed by atoms with Gasteiger partial charge >= 0.3 is 0 Å². The SMILES string of the molecule is Cc1ccc([N+](=O)[O-])cc1NC(=O)CSc1ccc(NC(=O)Cc2ccccc2)cc1. The zero-order valence-electron chi connectivity index (χ0n) is 16.8. The number of carbonyl (C=O) groups is 2. The van der Waals surface area contributed by atoms with Crippen LogP contribution in [0, 0.1) is 17.0 Å². The summed E-state index contributed by atoms with van der Waals surface area (Å²) in [5.74, 6) is -0.200. The molecule has 0 bridgehead atoms. The van der Waals surface area contributed by atoms with E-state index in [4.69, 9.17) is 0 Å². The van der Waals surface area contributed by atoms with Crippen molar-refractivity contribution in [3.63, 3.8) is 0 Å². The van der Waals surface area contributed by atoms with Crippen LogP contribution in [0.5, 0.6) is 0 Å². The molecular weight excluding hydrogens is 414 g/mol. The molecule has 0 spiro atoms. The van der Waals surface area contributed by atoms with E-state index in [2.05, 4.69) is 10.6 Å². The number of nitrogens with zero attached hydrogens (tertiary/aromatic N) is 1. The Balaban J connectivity index is 1.50. The van der Waals surface area contributed by atoms with Crippen molar-refractivity contribution in [2.24, 2.45) is 0 Å². The summed E-state index contributed by atoms with van der Waals surface area (Å²) in [6, 6.07) is 21.1. The van der Waals surface area contributed by atoms with E-state index in [1.807, 2.05) is 42.5 Å². The summed E-state index contributed by atoms with van der Waals surface area (Å²) < 4.78 is 0. The second-order valence-corrected chi connectivity index (χ2v) is 7.88. The minimum atomic E-state index is -0.496. The highest BCUT2D eigenvalue weighted by Gasteiger charge is 2.11. The number of amides is 2. The zero-order valence-corrected chi connectivity index (χ0v) is 17.6. The van der Waals surface area contributed by atoms with Crippen molar-refractivity contribution < 1.29 is 14.5 Å². The summed E-state index contributed by atoms with van der Waals surface area (Å²) in [7, 11) is 0. The van der Waals surface area contributed by atoms with Gasteiger partial charge in [-0.05, 0) is 42.3 Å². The van der Waals surface area contributed by atoms with Gasteiger partial charge < -0.3 is 10.6 Å². The van der Waals surface area contributed by atoms with Crippen molar-refractivity contribution in [1.29, 1.82) is 0 Å². The van der Waals surface area contributed by atoms with Crippen molar-refractivity contribution in [2.75, 3.05) is 16.4 Å². The fourth-order valence-electron chi connectivity index (χ4n) is 2.81. The van der Waals surface area contributed by atoms with Crippen molar-refractivity contribution in [2.45, 2.75) is 18.2 Å². The van der Waals surface area contributed by atoms with Crippen molar-refractivity contribution in [1.82, 2.24) is 0 Å². The predicted molar refractivity (Wildman–Crippen MR) is 122 cm³/mol. The Bertz CT molecular complexity index is 1090. The lowest BCUT2D eigenvalue weighted by molar-refractivity contribution is -0.384. The van der Waals surface area contributed by atoms with Crippen LogP contribution in [0.25, 0.3) is 0 Å². The molecule has 158 valence electrons. The van der Waals surface area contributed by atoms with E-state index < -0.39 is 4.92 Å². The first-order valence-electron chi connectivity index (χ1n) is 9.52. The highest BCUT2D eigenvalue weighted by atomic mass is 32.2. The number of rotatable bonds is 8. The topological polar surface area (TPSA) is 101 Å². The predicted octanol–water partition coefficient (Wildman–Crippen LogP) is 4.82. The second-order valence-electron chi connectivity index (χ2n) is 6.83. The Morgan fingerprint density at radius 1 is 0.935 bits per heavy atom. The number of benzene rings is 3. The van der Waals surface area contributed by atoms with Crippen LogP contribution in [0.1, 0.15) is 11.1 Å². The molecule has 8 heteroatoms. The number of nitro benzene ring substituents is 1. The molecule has 0 saturated heterocycles. The third kappa shape index (κ3) is 6.68. The molecule has 3 rings (SSSR count). The first-order chi connectivity index (χ1) is 14.9. The fraction of sp³-hybridized carbons (Fsp3) is 0.130. The number of nitro groups is 1. The van der Waals surface area contributed by atoms with Gasteiger partial charge in [0.25, 0.3) is 5.69 Å². The zero-order chi connectivity index (χ0) is 22.2. The molecule has 0 atom stereocenters. The summed E-state index contributed by atoms with van der Waals surface area (Å²) in [6.45, 7) is 1.78. The average molecular weight is 436 g/mol. The van der Waals surface area contributed by atoms with E-state index in [9.17, 15) is 19.7 Å². The maximum absolute atomic E-state index is 12.2. The van der Waals surface area contributed by atoms with Crippen LogP contribution < -0.4 is 10.6 Å². The van der Waals surface area contributed by atoms with Gasteiger partial charge in [0.15, 0.2) is 0 Å². The molecule has 2 amide bonds. The number of carbonyl (C=O) groups excluding carboxylic acids is 2. The van der Waals surface area contributed by atoms with Gasteiger partial charge in [-0.15, -0.1) is 11.8 Å². The Labute approximate surface area is 184 Å². The quantitative estimate of drug-likeness (QED) is 0.300. The molecule has 0 aliphatic heterocycles. The van der Waals surface area contributed by atoms with Crippen LogP contribution in [-0.4, -0.2) is 22.5 Å². The monoisotopic (exact) mass is 435 g/mol. The van der Waals surface area contributed by atoms with Crippen LogP contribution in [0.4, 0.5) is 17.1 Å². The van der Waals surface area contributed by atoms with Crippen LogP contribution in [0.3, 0.4) is 0 Å². The lowest BCUT2D eigenvalue weighted by Crippen LogP contribution is -2.15. The van der Waals surface area contributed by atoms with Crippen LogP contribution in [0.15, 0.2) is 77.7 Å². The first-order valence-corrected chi connectivity index (χ1v) is 10.5. The van der Waals surface area contributed by atoms with Gasteiger partial charge in [-0.3, -0.25) is 19.7 Å². The highest BCUT2D eigenvalue weighted by molar-refractivity contribution is 8.00. The largest absolute Gasteiger partial charge is 0.326 e. The second kappa shape index (κ2) is 10.4.